The number of aryl methyl sites for hydroxylation is 1. The Morgan fingerprint density at radius 2 is 1.54 bits per heavy atom. The van der Waals surface area contributed by atoms with Crippen LogP contribution < -0.4 is 9.80 Å². The molecule has 1 aliphatic rings. The third-order valence-corrected chi connectivity index (χ3v) is 5.43. The van der Waals surface area contributed by atoms with E-state index in [4.69, 9.17) is 9.72 Å². The van der Waals surface area contributed by atoms with Crippen LogP contribution in [0.2, 0.25) is 0 Å². The molecule has 2 aromatic carbocycles. The van der Waals surface area contributed by atoms with Crippen LogP contribution in [0, 0.1) is 13.8 Å². The van der Waals surface area contributed by atoms with Gasteiger partial charge in [0.2, 0.25) is 0 Å². The maximum absolute atomic E-state index is 12.3. The summed E-state index contributed by atoms with van der Waals surface area (Å²) in [6.07, 6.45) is 0. The number of fused-ring (bicyclic) bond motifs is 1. The van der Waals surface area contributed by atoms with Crippen molar-refractivity contribution in [3.8, 4) is 0 Å². The normalized spacial score (nSPS) is 14.4. The molecule has 0 radical (unpaired) electrons. The second kappa shape index (κ2) is 7.46. The van der Waals surface area contributed by atoms with E-state index in [2.05, 4.69) is 46.8 Å². The van der Waals surface area contributed by atoms with E-state index in [1.807, 2.05) is 24.3 Å². The topological polar surface area (TPSA) is 58.6 Å². The Hall–Kier alpha value is -3.15. The highest BCUT2D eigenvalue weighted by molar-refractivity contribution is 5.95. The molecule has 1 aliphatic heterocycles. The molecule has 1 aromatic heterocycles. The highest BCUT2D eigenvalue weighted by Gasteiger charge is 2.26. The zero-order valence-corrected chi connectivity index (χ0v) is 16.5. The van der Waals surface area contributed by atoms with E-state index in [9.17, 15) is 4.79 Å². The predicted octanol–water partition coefficient (Wildman–Crippen LogP) is 3.36. The van der Waals surface area contributed by atoms with Crippen molar-refractivity contribution in [2.45, 2.75) is 13.8 Å². The van der Waals surface area contributed by atoms with Crippen LogP contribution in [0.25, 0.3) is 11.0 Å². The van der Waals surface area contributed by atoms with Crippen LogP contribution >= 0.6 is 0 Å². The molecular formula is C22H24N4O2. The van der Waals surface area contributed by atoms with Crippen molar-refractivity contribution in [3.63, 3.8) is 0 Å². The maximum atomic E-state index is 12.3. The largest absolute Gasteiger partial charge is 0.464 e. The molecule has 1 saturated heterocycles. The number of hydrogen-bond acceptors (Lipinski definition) is 6. The van der Waals surface area contributed by atoms with Gasteiger partial charge < -0.3 is 14.5 Å². The number of benzene rings is 2. The second-order valence-electron chi connectivity index (χ2n) is 7.07. The first kappa shape index (κ1) is 18.2. The molecule has 0 N–H and O–H groups in total. The fraction of sp³-hybridized carbons (Fsp3) is 0.318. The molecule has 0 bridgehead atoms. The van der Waals surface area contributed by atoms with Crippen LogP contribution in [0.5, 0.6) is 0 Å². The van der Waals surface area contributed by atoms with Crippen LogP contribution in [0.15, 0.2) is 42.5 Å². The Morgan fingerprint density at radius 3 is 2.21 bits per heavy atom. The Kier molecular flexibility index (Phi) is 4.86. The molecule has 0 amide bonds. The molecule has 28 heavy (non-hydrogen) atoms. The van der Waals surface area contributed by atoms with Gasteiger partial charge in [-0.05, 0) is 43.2 Å². The lowest BCUT2D eigenvalue weighted by atomic mass is 10.1. The number of aromatic nitrogens is 2. The first-order chi connectivity index (χ1) is 13.6. The Labute approximate surface area is 164 Å². The second-order valence-corrected chi connectivity index (χ2v) is 7.07. The zero-order valence-electron chi connectivity index (χ0n) is 16.5. The molecule has 0 aliphatic carbocycles. The first-order valence-electron chi connectivity index (χ1n) is 9.49. The quantitative estimate of drug-likeness (QED) is 0.654. The van der Waals surface area contributed by atoms with Crippen molar-refractivity contribution in [1.82, 2.24) is 9.97 Å². The van der Waals surface area contributed by atoms with Gasteiger partial charge >= 0.3 is 5.97 Å². The van der Waals surface area contributed by atoms with Crippen LogP contribution in [0.3, 0.4) is 0 Å². The summed E-state index contributed by atoms with van der Waals surface area (Å²) in [5.41, 5.74) is 5.65. The third kappa shape index (κ3) is 3.26. The van der Waals surface area contributed by atoms with Gasteiger partial charge in [-0.3, -0.25) is 0 Å². The summed E-state index contributed by atoms with van der Waals surface area (Å²) >= 11 is 0. The van der Waals surface area contributed by atoms with Crippen molar-refractivity contribution in [2.24, 2.45) is 0 Å². The summed E-state index contributed by atoms with van der Waals surface area (Å²) in [6.45, 7) is 7.57. The van der Waals surface area contributed by atoms with Crippen molar-refractivity contribution < 1.29 is 9.53 Å². The van der Waals surface area contributed by atoms with Gasteiger partial charge in [-0.1, -0.05) is 24.3 Å². The van der Waals surface area contributed by atoms with Gasteiger partial charge in [0.05, 0.1) is 18.1 Å². The number of hydrogen-bond donors (Lipinski definition) is 0. The van der Waals surface area contributed by atoms with Gasteiger partial charge in [-0.25, -0.2) is 14.8 Å². The zero-order chi connectivity index (χ0) is 19.7. The van der Waals surface area contributed by atoms with Crippen molar-refractivity contribution >= 4 is 28.5 Å². The number of anilines is 2. The molecule has 1 fully saturated rings. The number of methoxy groups -OCH3 is 1. The lowest BCUT2D eigenvalue weighted by Gasteiger charge is -2.38. The smallest absolute Gasteiger partial charge is 0.360 e. The number of carbonyl (C=O) groups is 1. The van der Waals surface area contributed by atoms with Crippen LogP contribution in [0.4, 0.5) is 11.5 Å². The minimum atomic E-state index is -0.454. The summed E-state index contributed by atoms with van der Waals surface area (Å²) < 4.78 is 4.96. The fourth-order valence-corrected chi connectivity index (χ4v) is 3.68. The van der Waals surface area contributed by atoms with Crippen LogP contribution in [0.1, 0.15) is 21.6 Å². The Morgan fingerprint density at radius 1 is 0.893 bits per heavy atom. The average Bonchev–Trinajstić information content (AvgIpc) is 2.74. The highest BCUT2D eigenvalue weighted by Crippen LogP contribution is 2.27. The fourth-order valence-electron chi connectivity index (χ4n) is 3.68. The molecule has 0 unspecified atom stereocenters. The number of para-hydroxylation sites is 2. The van der Waals surface area contributed by atoms with Crippen molar-refractivity contribution in [1.29, 1.82) is 0 Å². The van der Waals surface area contributed by atoms with Crippen LogP contribution in [-0.4, -0.2) is 49.2 Å². The highest BCUT2D eigenvalue weighted by atomic mass is 16.5. The predicted molar refractivity (Wildman–Crippen MR) is 111 cm³/mol. The van der Waals surface area contributed by atoms with Gasteiger partial charge in [0, 0.05) is 31.9 Å². The molecule has 2 heterocycles. The average molecular weight is 376 g/mol. The summed E-state index contributed by atoms with van der Waals surface area (Å²) in [7, 11) is 1.38. The first-order valence-corrected chi connectivity index (χ1v) is 9.49. The van der Waals surface area contributed by atoms with Crippen LogP contribution in [-0.2, 0) is 4.74 Å². The number of piperazine rings is 1. The SMILES string of the molecule is COC(=O)c1nc2ccccc2nc1N1CCN(c2cccc(C)c2C)CC1. The minimum Gasteiger partial charge on any atom is -0.464 e. The lowest BCUT2D eigenvalue weighted by Crippen LogP contribution is -2.47. The molecule has 0 spiro atoms. The lowest BCUT2D eigenvalue weighted by molar-refractivity contribution is 0.0595. The standard InChI is InChI=1S/C22H24N4O2/c1-15-7-6-10-19(16(15)2)25-11-13-26(14-12-25)21-20(22(27)28-3)23-17-8-4-5-9-18(17)24-21/h4-10H,11-14H2,1-3H3. The van der Waals surface area contributed by atoms with Gasteiger partial charge in [0.1, 0.15) is 0 Å². The van der Waals surface area contributed by atoms with Crippen molar-refractivity contribution in [3.05, 3.63) is 59.3 Å². The molecule has 0 atom stereocenters. The van der Waals surface area contributed by atoms with Crippen molar-refractivity contribution in [2.75, 3.05) is 43.1 Å². The number of esters is 1. The minimum absolute atomic E-state index is 0.279. The monoisotopic (exact) mass is 376 g/mol. The number of rotatable bonds is 3. The van der Waals surface area contributed by atoms with Gasteiger partial charge in [-0.15, -0.1) is 0 Å². The summed E-state index contributed by atoms with van der Waals surface area (Å²) in [5, 5.41) is 0. The third-order valence-electron chi connectivity index (χ3n) is 5.43. The number of carbonyl (C=O) groups excluding carboxylic acids is 1. The van der Waals surface area contributed by atoms with E-state index in [0.717, 1.165) is 31.7 Å². The Bertz CT molecular complexity index is 1030. The molecule has 4 rings (SSSR count). The van der Waals surface area contributed by atoms with Gasteiger partial charge in [0.25, 0.3) is 0 Å². The molecule has 6 heteroatoms. The summed E-state index contributed by atoms with van der Waals surface area (Å²) in [5.74, 6) is 0.149. The maximum Gasteiger partial charge on any atom is 0.360 e. The molecular weight excluding hydrogens is 352 g/mol. The van der Waals surface area contributed by atoms with E-state index in [1.165, 1.54) is 23.9 Å². The number of ether oxygens (including phenoxy) is 1. The molecule has 3 aromatic rings. The van der Waals surface area contributed by atoms with E-state index in [-0.39, 0.29) is 5.69 Å². The molecule has 6 nitrogen and oxygen atoms in total. The van der Waals surface area contributed by atoms with E-state index < -0.39 is 5.97 Å². The molecule has 0 saturated carbocycles. The van der Waals surface area contributed by atoms with E-state index in [0.29, 0.717) is 11.3 Å². The van der Waals surface area contributed by atoms with E-state index >= 15 is 0 Å². The van der Waals surface area contributed by atoms with E-state index in [1.54, 1.807) is 0 Å². The number of nitrogens with zero attached hydrogens (tertiary/aromatic N) is 4. The Balaban J connectivity index is 1.63. The summed E-state index contributed by atoms with van der Waals surface area (Å²) in [6, 6.07) is 14.0. The van der Waals surface area contributed by atoms with Gasteiger partial charge in [-0.2, -0.15) is 0 Å². The summed E-state index contributed by atoms with van der Waals surface area (Å²) in [4.78, 5) is 26.1. The van der Waals surface area contributed by atoms with Gasteiger partial charge in [0.15, 0.2) is 11.5 Å². The molecule has 144 valence electrons.